The summed E-state index contributed by atoms with van der Waals surface area (Å²) in [5, 5.41) is 10.5. The standard InChI is InChI=1S/C20H32O/c1-16(2)19-12-11-18(4)9-6-8-17(3)10-7-14-20(5,21)15-13-19/h7-8,11,14,19,21H,1,6,9-10,12-13,15H2,2-5H3/b14-7+,17-8+,18-11+. The van der Waals surface area contributed by atoms with Crippen LogP contribution in [0, 0.1) is 5.92 Å². The molecule has 1 nitrogen and oxygen atoms in total. The van der Waals surface area contributed by atoms with Crippen LogP contribution in [-0.2, 0) is 0 Å². The zero-order valence-corrected chi connectivity index (χ0v) is 14.3. The van der Waals surface area contributed by atoms with E-state index in [1.54, 1.807) is 0 Å². The highest BCUT2D eigenvalue weighted by Crippen LogP contribution is 2.26. The van der Waals surface area contributed by atoms with E-state index in [0.717, 1.165) is 38.5 Å². The molecule has 118 valence electrons. The molecule has 0 aliphatic heterocycles. The fourth-order valence-corrected chi connectivity index (χ4v) is 2.69. The molecule has 0 amide bonds. The minimum Gasteiger partial charge on any atom is -0.386 e. The van der Waals surface area contributed by atoms with Crippen LogP contribution in [0.15, 0.2) is 47.6 Å². The van der Waals surface area contributed by atoms with E-state index < -0.39 is 5.60 Å². The first-order valence-electron chi connectivity index (χ1n) is 8.17. The van der Waals surface area contributed by atoms with Gasteiger partial charge in [-0.2, -0.15) is 0 Å². The molecular weight excluding hydrogens is 256 g/mol. The third kappa shape index (κ3) is 7.47. The Morgan fingerprint density at radius 3 is 2.67 bits per heavy atom. The quantitative estimate of drug-likeness (QED) is 0.611. The van der Waals surface area contributed by atoms with Gasteiger partial charge in [-0.05, 0) is 72.1 Å². The SMILES string of the molecule is C=C(C)C1C/C=C(\C)CC/C=C(\C)C/C=C/C(C)(O)CC1. The maximum absolute atomic E-state index is 10.5. The van der Waals surface area contributed by atoms with Gasteiger partial charge >= 0.3 is 0 Å². The lowest BCUT2D eigenvalue weighted by Gasteiger charge is -2.23. The van der Waals surface area contributed by atoms with Crippen LogP contribution in [0.4, 0.5) is 0 Å². The minimum atomic E-state index is -0.711. The van der Waals surface area contributed by atoms with Crippen molar-refractivity contribution in [2.75, 3.05) is 0 Å². The van der Waals surface area contributed by atoms with Crippen LogP contribution in [0.5, 0.6) is 0 Å². The third-order valence-corrected chi connectivity index (χ3v) is 4.39. The molecule has 1 heteroatoms. The van der Waals surface area contributed by atoms with Crippen LogP contribution in [0.25, 0.3) is 0 Å². The first kappa shape index (κ1) is 18.0. The number of allylic oxidation sites excluding steroid dienone is 6. The summed E-state index contributed by atoms with van der Waals surface area (Å²) in [6.07, 6.45) is 14.8. The third-order valence-electron chi connectivity index (χ3n) is 4.39. The molecular formula is C20H32O. The summed E-state index contributed by atoms with van der Waals surface area (Å²) >= 11 is 0. The summed E-state index contributed by atoms with van der Waals surface area (Å²) in [7, 11) is 0. The van der Waals surface area contributed by atoms with Crippen LogP contribution >= 0.6 is 0 Å². The molecule has 0 aromatic heterocycles. The molecule has 1 aliphatic rings. The lowest BCUT2D eigenvalue weighted by atomic mass is 9.86. The van der Waals surface area contributed by atoms with Gasteiger partial charge in [0, 0.05) is 0 Å². The first-order valence-corrected chi connectivity index (χ1v) is 8.17. The second-order valence-electron chi connectivity index (χ2n) is 6.92. The predicted molar refractivity (Wildman–Crippen MR) is 93.3 cm³/mol. The van der Waals surface area contributed by atoms with Gasteiger partial charge in [0.2, 0.25) is 0 Å². The van der Waals surface area contributed by atoms with E-state index in [9.17, 15) is 5.11 Å². The van der Waals surface area contributed by atoms with Crippen molar-refractivity contribution in [3.63, 3.8) is 0 Å². The Balaban J connectivity index is 2.87. The average molecular weight is 288 g/mol. The second-order valence-corrected chi connectivity index (χ2v) is 6.92. The van der Waals surface area contributed by atoms with E-state index >= 15 is 0 Å². The highest BCUT2D eigenvalue weighted by atomic mass is 16.3. The molecule has 0 heterocycles. The number of hydrogen-bond donors (Lipinski definition) is 1. The molecule has 2 unspecified atom stereocenters. The van der Waals surface area contributed by atoms with Gasteiger partial charge in [-0.1, -0.05) is 47.6 Å². The summed E-state index contributed by atoms with van der Waals surface area (Å²) < 4.78 is 0. The van der Waals surface area contributed by atoms with Gasteiger partial charge in [-0.25, -0.2) is 0 Å². The molecule has 1 rings (SSSR count). The fraction of sp³-hybridized carbons (Fsp3) is 0.600. The normalized spacial score (nSPS) is 35.8. The van der Waals surface area contributed by atoms with Crippen LogP contribution in [0.3, 0.4) is 0 Å². The maximum Gasteiger partial charge on any atom is 0.0800 e. The van der Waals surface area contributed by atoms with Crippen molar-refractivity contribution in [2.45, 2.75) is 71.8 Å². The fourth-order valence-electron chi connectivity index (χ4n) is 2.69. The van der Waals surface area contributed by atoms with Crippen molar-refractivity contribution in [3.05, 3.63) is 47.6 Å². The van der Waals surface area contributed by atoms with Crippen LogP contribution < -0.4 is 0 Å². The number of rotatable bonds is 1. The van der Waals surface area contributed by atoms with Gasteiger partial charge in [0.25, 0.3) is 0 Å². The van der Waals surface area contributed by atoms with Gasteiger partial charge in [0.15, 0.2) is 0 Å². The zero-order valence-electron chi connectivity index (χ0n) is 14.3. The van der Waals surface area contributed by atoms with Crippen molar-refractivity contribution < 1.29 is 5.11 Å². The Morgan fingerprint density at radius 2 is 2.00 bits per heavy atom. The summed E-state index contributed by atoms with van der Waals surface area (Å²) in [6.45, 7) is 12.5. The van der Waals surface area contributed by atoms with E-state index in [4.69, 9.17) is 0 Å². The Morgan fingerprint density at radius 1 is 1.29 bits per heavy atom. The highest BCUT2D eigenvalue weighted by Gasteiger charge is 2.19. The first-order chi connectivity index (χ1) is 9.80. The largest absolute Gasteiger partial charge is 0.386 e. The molecule has 21 heavy (non-hydrogen) atoms. The van der Waals surface area contributed by atoms with Crippen LogP contribution in [0.2, 0.25) is 0 Å². The topological polar surface area (TPSA) is 20.2 Å². The summed E-state index contributed by atoms with van der Waals surface area (Å²) in [6, 6.07) is 0. The van der Waals surface area contributed by atoms with Gasteiger partial charge in [0.05, 0.1) is 5.60 Å². The molecule has 0 saturated heterocycles. The Bertz CT molecular complexity index is 435. The Kier molecular flexibility index (Phi) is 7.17. The number of aliphatic hydroxyl groups is 1. The lowest BCUT2D eigenvalue weighted by molar-refractivity contribution is 0.0950. The minimum absolute atomic E-state index is 0.472. The predicted octanol–water partition coefficient (Wildman–Crippen LogP) is 5.73. The van der Waals surface area contributed by atoms with Crippen molar-refractivity contribution in [1.29, 1.82) is 0 Å². The Labute approximate surface area is 131 Å². The van der Waals surface area contributed by atoms with Crippen molar-refractivity contribution in [1.82, 2.24) is 0 Å². The van der Waals surface area contributed by atoms with Crippen molar-refractivity contribution in [2.24, 2.45) is 5.92 Å². The molecule has 0 spiro atoms. The maximum atomic E-state index is 10.5. The van der Waals surface area contributed by atoms with Crippen LogP contribution in [-0.4, -0.2) is 10.7 Å². The summed E-state index contributed by atoms with van der Waals surface area (Å²) in [5.41, 5.74) is 3.36. The molecule has 0 fully saturated rings. The molecule has 1 N–H and O–H groups in total. The number of hydrogen-bond acceptors (Lipinski definition) is 1. The van der Waals surface area contributed by atoms with E-state index in [1.807, 2.05) is 13.0 Å². The van der Waals surface area contributed by atoms with E-state index in [0.29, 0.717) is 5.92 Å². The van der Waals surface area contributed by atoms with Crippen molar-refractivity contribution >= 4 is 0 Å². The van der Waals surface area contributed by atoms with E-state index in [2.05, 4.69) is 45.6 Å². The van der Waals surface area contributed by atoms with Gasteiger partial charge in [-0.3, -0.25) is 0 Å². The highest BCUT2D eigenvalue weighted by molar-refractivity contribution is 5.11. The summed E-state index contributed by atoms with van der Waals surface area (Å²) in [5.74, 6) is 0.472. The molecule has 2 atom stereocenters. The van der Waals surface area contributed by atoms with Gasteiger partial charge < -0.3 is 5.11 Å². The molecule has 0 saturated carbocycles. The smallest absolute Gasteiger partial charge is 0.0800 e. The molecule has 0 aromatic carbocycles. The zero-order chi connectivity index (χ0) is 15.9. The monoisotopic (exact) mass is 288 g/mol. The molecule has 0 radical (unpaired) electrons. The van der Waals surface area contributed by atoms with Gasteiger partial charge in [-0.15, -0.1) is 0 Å². The molecule has 0 aromatic rings. The summed E-state index contributed by atoms with van der Waals surface area (Å²) in [4.78, 5) is 0. The lowest BCUT2D eigenvalue weighted by Crippen LogP contribution is -2.22. The van der Waals surface area contributed by atoms with E-state index in [-0.39, 0.29) is 0 Å². The van der Waals surface area contributed by atoms with Crippen molar-refractivity contribution in [3.8, 4) is 0 Å². The molecule has 1 aliphatic carbocycles. The second kappa shape index (κ2) is 8.38. The Hall–Kier alpha value is -1.08. The average Bonchev–Trinajstić information content (AvgIpc) is 2.37. The van der Waals surface area contributed by atoms with Crippen LogP contribution in [0.1, 0.15) is 66.2 Å². The van der Waals surface area contributed by atoms with Gasteiger partial charge in [0.1, 0.15) is 0 Å². The molecule has 0 bridgehead atoms. The van der Waals surface area contributed by atoms with E-state index in [1.165, 1.54) is 16.7 Å².